The first-order valence-corrected chi connectivity index (χ1v) is 11.5. The molecule has 7 nitrogen and oxygen atoms in total. The smallest absolute Gasteiger partial charge is 0.338 e. The highest BCUT2D eigenvalue weighted by molar-refractivity contribution is 9.09. The van der Waals surface area contributed by atoms with Crippen molar-refractivity contribution < 1.29 is 33.3 Å². The summed E-state index contributed by atoms with van der Waals surface area (Å²) in [5.41, 5.74) is 1.05. The number of carbonyl (C=O) groups excluding carboxylic acids is 3. The lowest BCUT2D eigenvalue weighted by atomic mass is 10.1. The zero-order valence-corrected chi connectivity index (χ0v) is 19.5. The minimum absolute atomic E-state index is 0.206. The first-order chi connectivity index (χ1) is 16.5. The van der Waals surface area contributed by atoms with Crippen molar-refractivity contribution in [3.63, 3.8) is 0 Å². The van der Waals surface area contributed by atoms with Crippen molar-refractivity contribution in [1.29, 1.82) is 0 Å². The van der Waals surface area contributed by atoms with E-state index in [0.29, 0.717) is 16.7 Å². The Bertz CT molecular complexity index is 1120. The largest absolute Gasteiger partial charge is 0.459 e. The molecule has 3 aromatic carbocycles. The molecule has 1 heterocycles. The van der Waals surface area contributed by atoms with E-state index in [9.17, 15) is 14.4 Å². The molecule has 0 amide bonds. The number of carbonyl (C=O) groups is 3. The van der Waals surface area contributed by atoms with Crippen LogP contribution in [0.5, 0.6) is 0 Å². The highest BCUT2D eigenvalue weighted by Crippen LogP contribution is 2.32. The molecule has 4 rings (SSSR count). The van der Waals surface area contributed by atoms with Crippen LogP contribution in [0.25, 0.3) is 0 Å². The number of esters is 3. The number of benzene rings is 3. The van der Waals surface area contributed by atoms with E-state index in [2.05, 4.69) is 15.9 Å². The molecule has 4 unspecified atom stereocenters. The second kappa shape index (κ2) is 11.1. The molecule has 0 saturated carbocycles. The molecule has 1 saturated heterocycles. The summed E-state index contributed by atoms with van der Waals surface area (Å²) in [5.74, 6) is -1.76. The van der Waals surface area contributed by atoms with E-state index >= 15 is 0 Å². The number of ether oxygens (including phenoxy) is 4. The SMILES string of the molecule is O=C(OCC1OC(Br)C(OC(=O)c2ccccc2)C1OC(=O)c1ccccc1)c1ccccc1. The molecule has 174 valence electrons. The molecular formula is C26H21BrO7. The number of alkyl halides is 1. The molecule has 1 aliphatic rings. The quantitative estimate of drug-likeness (QED) is 0.257. The molecule has 8 heteroatoms. The Kier molecular flexibility index (Phi) is 7.72. The van der Waals surface area contributed by atoms with Crippen LogP contribution in [-0.2, 0) is 18.9 Å². The van der Waals surface area contributed by atoms with Crippen LogP contribution in [0.2, 0.25) is 0 Å². The monoisotopic (exact) mass is 524 g/mol. The molecule has 0 radical (unpaired) electrons. The van der Waals surface area contributed by atoms with E-state index in [4.69, 9.17) is 18.9 Å². The fourth-order valence-electron chi connectivity index (χ4n) is 3.43. The maximum Gasteiger partial charge on any atom is 0.338 e. The van der Waals surface area contributed by atoms with Gasteiger partial charge in [-0.05, 0) is 36.4 Å². The Labute approximate surface area is 204 Å². The first kappa shape index (κ1) is 23.7. The average Bonchev–Trinajstić information content (AvgIpc) is 3.17. The minimum atomic E-state index is -1.02. The van der Waals surface area contributed by atoms with Gasteiger partial charge in [0.25, 0.3) is 0 Å². The summed E-state index contributed by atoms with van der Waals surface area (Å²) in [7, 11) is 0. The fourth-order valence-corrected chi connectivity index (χ4v) is 4.11. The Morgan fingerprint density at radius 2 is 1.06 bits per heavy atom. The van der Waals surface area contributed by atoms with Crippen LogP contribution in [0.4, 0.5) is 0 Å². The lowest BCUT2D eigenvalue weighted by Crippen LogP contribution is -2.41. The Morgan fingerprint density at radius 3 is 1.53 bits per heavy atom. The van der Waals surface area contributed by atoms with Crippen LogP contribution in [-0.4, -0.2) is 47.8 Å². The number of hydrogen-bond acceptors (Lipinski definition) is 7. The van der Waals surface area contributed by atoms with Crippen LogP contribution >= 0.6 is 15.9 Å². The van der Waals surface area contributed by atoms with Gasteiger partial charge in [0.05, 0.1) is 16.7 Å². The number of halogens is 1. The topological polar surface area (TPSA) is 88.1 Å². The summed E-state index contributed by atoms with van der Waals surface area (Å²) in [5, 5.41) is -0.783. The highest BCUT2D eigenvalue weighted by Gasteiger charge is 2.49. The van der Waals surface area contributed by atoms with Gasteiger partial charge in [0.1, 0.15) is 12.7 Å². The van der Waals surface area contributed by atoms with Crippen molar-refractivity contribution in [2.75, 3.05) is 6.61 Å². The number of rotatable bonds is 7. The van der Waals surface area contributed by atoms with Crippen molar-refractivity contribution in [3.8, 4) is 0 Å². The van der Waals surface area contributed by atoms with Crippen LogP contribution in [0, 0.1) is 0 Å². The summed E-state index contributed by atoms with van der Waals surface area (Å²) in [6.07, 6.45) is -2.85. The molecule has 0 aromatic heterocycles. The highest BCUT2D eigenvalue weighted by atomic mass is 79.9. The van der Waals surface area contributed by atoms with Gasteiger partial charge in [-0.2, -0.15) is 0 Å². The predicted molar refractivity (Wildman–Crippen MR) is 126 cm³/mol. The lowest BCUT2D eigenvalue weighted by Gasteiger charge is -2.23. The minimum Gasteiger partial charge on any atom is -0.459 e. The molecule has 3 aromatic rings. The summed E-state index contributed by atoms with van der Waals surface area (Å²) in [4.78, 5) is 37.8. The predicted octanol–water partition coefficient (Wildman–Crippen LogP) is 4.41. The zero-order valence-electron chi connectivity index (χ0n) is 17.9. The fraction of sp³-hybridized carbons (Fsp3) is 0.192. The second-order valence-electron chi connectivity index (χ2n) is 7.46. The van der Waals surface area contributed by atoms with Gasteiger partial charge in [-0.3, -0.25) is 0 Å². The van der Waals surface area contributed by atoms with E-state index in [0.717, 1.165) is 0 Å². The summed E-state index contributed by atoms with van der Waals surface area (Å²) in [6.45, 7) is -0.206. The molecule has 0 bridgehead atoms. The Hall–Kier alpha value is -3.49. The molecule has 4 atom stereocenters. The third kappa shape index (κ3) is 5.70. The Balaban J connectivity index is 1.51. The van der Waals surface area contributed by atoms with Gasteiger partial charge >= 0.3 is 17.9 Å². The molecular weight excluding hydrogens is 504 g/mol. The van der Waals surface area contributed by atoms with Crippen molar-refractivity contribution in [2.45, 2.75) is 23.3 Å². The van der Waals surface area contributed by atoms with Gasteiger partial charge in [0.2, 0.25) is 0 Å². The van der Waals surface area contributed by atoms with Crippen LogP contribution in [0.1, 0.15) is 31.1 Å². The normalized spacial score (nSPS) is 21.4. The maximum atomic E-state index is 12.8. The van der Waals surface area contributed by atoms with E-state index in [-0.39, 0.29) is 6.61 Å². The summed E-state index contributed by atoms with van der Waals surface area (Å²) < 4.78 is 22.6. The van der Waals surface area contributed by atoms with E-state index < -0.39 is 41.2 Å². The van der Waals surface area contributed by atoms with Crippen LogP contribution in [0.3, 0.4) is 0 Å². The molecule has 1 fully saturated rings. The molecule has 1 aliphatic heterocycles. The molecule has 0 aliphatic carbocycles. The van der Waals surface area contributed by atoms with Gasteiger partial charge in [-0.1, -0.05) is 70.5 Å². The molecule has 0 spiro atoms. The summed E-state index contributed by atoms with van der Waals surface area (Å²) >= 11 is 3.35. The van der Waals surface area contributed by atoms with Gasteiger partial charge < -0.3 is 18.9 Å². The van der Waals surface area contributed by atoms with Crippen molar-refractivity contribution in [2.24, 2.45) is 0 Å². The third-order valence-corrected chi connectivity index (χ3v) is 5.88. The first-order valence-electron chi connectivity index (χ1n) is 10.6. The lowest BCUT2D eigenvalue weighted by molar-refractivity contribution is -0.0435. The van der Waals surface area contributed by atoms with Crippen LogP contribution in [0.15, 0.2) is 91.0 Å². The number of hydrogen-bond donors (Lipinski definition) is 0. The van der Waals surface area contributed by atoms with Crippen LogP contribution < -0.4 is 0 Å². The van der Waals surface area contributed by atoms with Gasteiger partial charge in [0.15, 0.2) is 17.2 Å². The van der Waals surface area contributed by atoms with E-state index in [1.54, 1.807) is 91.0 Å². The molecule has 34 heavy (non-hydrogen) atoms. The van der Waals surface area contributed by atoms with Gasteiger partial charge in [-0.25, -0.2) is 14.4 Å². The van der Waals surface area contributed by atoms with Gasteiger partial charge in [-0.15, -0.1) is 0 Å². The van der Waals surface area contributed by atoms with Crippen molar-refractivity contribution in [3.05, 3.63) is 108 Å². The average molecular weight is 525 g/mol. The standard InChI is InChI=1S/C26H21BrO7/c27-23-22(34-26(30)19-14-8-3-9-15-19)21(33-25(29)18-12-6-2-7-13-18)20(32-23)16-31-24(28)17-10-4-1-5-11-17/h1-15,20-23H,16H2. The maximum absolute atomic E-state index is 12.8. The third-order valence-electron chi connectivity index (χ3n) is 5.15. The van der Waals surface area contributed by atoms with E-state index in [1.807, 2.05) is 0 Å². The second-order valence-corrected chi connectivity index (χ2v) is 8.36. The Morgan fingerprint density at radius 1 is 0.647 bits per heavy atom. The van der Waals surface area contributed by atoms with E-state index in [1.165, 1.54) is 0 Å². The van der Waals surface area contributed by atoms with Crippen molar-refractivity contribution in [1.82, 2.24) is 0 Å². The van der Waals surface area contributed by atoms with Gasteiger partial charge in [0, 0.05) is 0 Å². The zero-order chi connectivity index (χ0) is 23.9. The molecule has 0 N–H and O–H groups in total. The van der Waals surface area contributed by atoms with Crippen molar-refractivity contribution >= 4 is 33.8 Å². The summed E-state index contributed by atoms with van der Waals surface area (Å²) in [6, 6.07) is 25.4.